The Balaban J connectivity index is 1.81. The van der Waals surface area contributed by atoms with Crippen molar-refractivity contribution in [2.24, 2.45) is 17.0 Å². The Morgan fingerprint density at radius 2 is 1.82 bits per heavy atom. The fourth-order valence-electron chi connectivity index (χ4n) is 5.29. The second kappa shape index (κ2) is 11.1. The van der Waals surface area contributed by atoms with Crippen molar-refractivity contribution in [2.45, 2.75) is 52.0 Å². The first-order valence-corrected chi connectivity index (χ1v) is 14.8. The van der Waals surface area contributed by atoms with E-state index in [0.717, 1.165) is 27.8 Å². The number of hydrogen-bond donors (Lipinski definition) is 3. The maximum absolute atomic E-state index is 13.6. The lowest BCUT2D eigenvalue weighted by atomic mass is 9.69. The van der Waals surface area contributed by atoms with E-state index in [4.69, 9.17) is 22.0 Å². The molecule has 9 nitrogen and oxygen atoms in total. The highest BCUT2D eigenvalue weighted by Crippen LogP contribution is 2.45. The largest absolute Gasteiger partial charge is 0.491 e. The van der Waals surface area contributed by atoms with Gasteiger partial charge in [0.15, 0.2) is 0 Å². The van der Waals surface area contributed by atoms with Gasteiger partial charge in [0.25, 0.3) is 0 Å². The number of sulfonamides is 1. The van der Waals surface area contributed by atoms with E-state index in [1.807, 2.05) is 65.0 Å². The van der Waals surface area contributed by atoms with Crippen LogP contribution >= 0.6 is 0 Å². The highest BCUT2D eigenvalue weighted by molar-refractivity contribution is 7.89. The van der Waals surface area contributed by atoms with Crippen molar-refractivity contribution < 1.29 is 17.9 Å². The van der Waals surface area contributed by atoms with Gasteiger partial charge in [-0.3, -0.25) is 4.79 Å². The van der Waals surface area contributed by atoms with E-state index >= 15 is 0 Å². The quantitative estimate of drug-likeness (QED) is 0.214. The third-order valence-electron chi connectivity index (χ3n) is 7.97. The zero-order valence-corrected chi connectivity index (χ0v) is 24.6. The number of nitrogens with zero attached hydrogens (tertiary/aromatic N) is 2. The summed E-state index contributed by atoms with van der Waals surface area (Å²) in [7, 11) is -3.79. The molecule has 1 heterocycles. The number of primary amides is 1. The topological polar surface area (TPSA) is 145 Å². The molecule has 0 fully saturated rings. The number of hydrogen-bond acceptors (Lipinski definition) is 7. The first-order valence-electron chi connectivity index (χ1n) is 13.3. The molecule has 1 aliphatic rings. The molecule has 1 aliphatic heterocycles. The highest BCUT2D eigenvalue weighted by Gasteiger charge is 2.39. The maximum atomic E-state index is 13.6. The molecular weight excluding hydrogens is 526 g/mol. The minimum atomic E-state index is -3.79. The van der Waals surface area contributed by atoms with E-state index in [1.165, 1.54) is 4.31 Å². The van der Waals surface area contributed by atoms with Crippen LogP contribution in [0.25, 0.3) is 0 Å². The van der Waals surface area contributed by atoms with E-state index in [9.17, 15) is 13.2 Å². The molecule has 4 rings (SSSR count). The molecule has 3 aromatic rings. The van der Waals surface area contributed by atoms with Crippen LogP contribution in [-0.4, -0.2) is 38.3 Å². The first-order chi connectivity index (χ1) is 18.8. The number of anilines is 2. The Morgan fingerprint density at radius 3 is 2.50 bits per heavy atom. The van der Waals surface area contributed by atoms with Crippen molar-refractivity contribution >= 4 is 27.3 Å². The standard InChI is InChI=1S/C30H39N5O4S/c1-6-35(33)24-14-13-23(20(3)28(24)31)27(30(4,5)29(32)36)21-12-11-19(2)22(17-21)18-34-15-16-39-25-9-7-8-10-26(25)40(34,37)38/h7-14,17,27H,6,15-16,18,31,33H2,1-5H3,(H2,32,36). The molecule has 1 amide bonds. The van der Waals surface area contributed by atoms with Crippen LogP contribution in [0.3, 0.4) is 0 Å². The Hall–Kier alpha value is -3.60. The average Bonchev–Trinajstić information content (AvgIpc) is 3.03. The van der Waals surface area contributed by atoms with Crippen LogP contribution in [0.15, 0.2) is 59.5 Å². The van der Waals surface area contributed by atoms with Gasteiger partial charge in [-0.1, -0.05) is 50.2 Å². The van der Waals surface area contributed by atoms with Crippen molar-refractivity contribution in [3.8, 4) is 5.75 Å². The number of carbonyl (C=O) groups is 1. The number of rotatable bonds is 8. The Bertz CT molecular complexity index is 1540. The van der Waals surface area contributed by atoms with Crippen LogP contribution in [0.2, 0.25) is 0 Å². The van der Waals surface area contributed by atoms with Crippen LogP contribution in [0.1, 0.15) is 54.5 Å². The van der Waals surface area contributed by atoms with Crippen LogP contribution in [0.5, 0.6) is 5.75 Å². The number of nitrogen functional groups attached to an aromatic ring is 1. The van der Waals surface area contributed by atoms with Gasteiger partial charge in [-0.05, 0) is 66.8 Å². The Morgan fingerprint density at radius 1 is 1.12 bits per heavy atom. The number of fused-ring (bicyclic) bond motifs is 1. The molecule has 6 N–H and O–H groups in total. The molecule has 0 radical (unpaired) electrons. The third kappa shape index (κ3) is 5.26. The molecule has 0 saturated heterocycles. The van der Waals surface area contributed by atoms with Gasteiger partial charge < -0.3 is 21.2 Å². The number of carbonyl (C=O) groups excluding carboxylic acids is 1. The van der Waals surface area contributed by atoms with Crippen molar-refractivity contribution in [2.75, 3.05) is 30.4 Å². The summed E-state index contributed by atoms with van der Waals surface area (Å²) < 4.78 is 34.3. The van der Waals surface area contributed by atoms with Crippen LogP contribution in [0.4, 0.5) is 11.4 Å². The van der Waals surface area contributed by atoms with E-state index in [0.29, 0.717) is 23.7 Å². The molecule has 40 heavy (non-hydrogen) atoms. The molecule has 214 valence electrons. The van der Waals surface area contributed by atoms with Gasteiger partial charge in [-0.2, -0.15) is 4.31 Å². The molecular formula is C30H39N5O4S. The van der Waals surface area contributed by atoms with E-state index in [2.05, 4.69) is 0 Å². The normalized spacial score (nSPS) is 15.9. The molecule has 10 heteroatoms. The number of nitrogens with two attached hydrogens (primary N) is 3. The zero-order valence-electron chi connectivity index (χ0n) is 23.8. The maximum Gasteiger partial charge on any atom is 0.247 e. The summed E-state index contributed by atoms with van der Waals surface area (Å²) >= 11 is 0. The summed E-state index contributed by atoms with van der Waals surface area (Å²) in [5, 5.41) is 1.58. The summed E-state index contributed by atoms with van der Waals surface area (Å²) in [6.07, 6.45) is 0. The average molecular weight is 566 g/mol. The molecule has 0 spiro atoms. The van der Waals surface area contributed by atoms with Gasteiger partial charge in [0, 0.05) is 25.6 Å². The summed E-state index contributed by atoms with van der Waals surface area (Å²) in [5.41, 5.74) is 17.0. The molecule has 0 aliphatic carbocycles. The van der Waals surface area contributed by atoms with Gasteiger partial charge in [0.1, 0.15) is 17.3 Å². The van der Waals surface area contributed by atoms with Crippen LogP contribution in [0, 0.1) is 19.3 Å². The molecule has 0 saturated carbocycles. The van der Waals surface area contributed by atoms with Gasteiger partial charge in [-0.25, -0.2) is 14.3 Å². The number of para-hydroxylation sites is 1. The highest BCUT2D eigenvalue weighted by atomic mass is 32.2. The molecule has 1 atom stereocenters. The predicted octanol–water partition coefficient (Wildman–Crippen LogP) is 3.81. The molecule has 3 aromatic carbocycles. The lowest BCUT2D eigenvalue weighted by Crippen LogP contribution is -2.38. The monoisotopic (exact) mass is 565 g/mol. The predicted molar refractivity (Wildman–Crippen MR) is 158 cm³/mol. The minimum absolute atomic E-state index is 0.154. The number of aryl methyl sites for hydroxylation is 1. The molecule has 1 unspecified atom stereocenters. The van der Waals surface area contributed by atoms with Gasteiger partial charge in [0.05, 0.1) is 16.8 Å². The zero-order chi connectivity index (χ0) is 29.4. The summed E-state index contributed by atoms with van der Waals surface area (Å²) in [6, 6.07) is 16.4. The van der Waals surface area contributed by atoms with Crippen molar-refractivity contribution in [1.82, 2.24) is 4.31 Å². The molecule has 0 bridgehead atoms. The van der Waals surface area contributed by atoms with E-state index in [1.54, 1.807) is 29.3 Å². The number of hydrazine groups is 1. The van der Waals surface area contributed by atoms with Crippen molar-refractivity contribution in [1.29, 1.82) is 0 Å². The number of ether oxygens (including phenoxy) is 1. The van der Waals surface area contributed by atoms with Crippen LogP contribution in [-0.2, 0) is 21.4 Å². The number of benzene rings is 3. The summed E-state index contributed by atoms with van der Waals surface area (Å²) in [5.74, 6) is 5.59. The second-order valence-electron chi connectivity index (χ2n) is 10.8. The van der Waals surface area contributed by atoms with Crippen molar-refractivity contribution in [3.63, 3.8) is 0 Å². The first kappa shape index (κ1) is 29.4. The lowest BCUT2D eigenvalue weighted by Gasteiger charge is -2.35. The number of amides is 1. The van der Waals surface area contributed by atoms with Gasteiger partial charge in [0.2, 0.25) is 15.9 Å². The van der Waals surface area contributed by atoms with E-state index in [-0.39, 0.29) is 24.6 Å². The minimum Gasteiger partial charge on any atom is -0.491 e. The lowest BCUT2D eigenvalue weighted by molar-refractivity contribution is -0.126. The van der Waals surface area contributed by atoms with Crippen molar-refractivity contribution in [3.05, 3.63) is 82.4 Å². The smallest absolute Gasteiger partial charge is 0.247 e. The fourth-order valence-corrected chi connectivity index (χ4v) is 6.82. The van der Waals surface area contributed by atoms with E-state index < -0.39 is 27.3 Å². The SMILES string of the molecule is CCN(N)c1ccc(C(c2ccc(C)c(CN3CCOc4ccccc4S3(=O)=O)c2)C(C)(C)C(N)=O)c(C)c1N. The fraction of sp³-hybridized carbons (Fsp3) is 0.367. The summed E-state index contributed by atoms with van der Waals surface area (Å²) in [6.45, 7) is 10.6. The van der Waals surface area contributed by atoms with Crippen LogP contribution < -0.4 is 27.1 Å². The molecule has 0 aromatic heterocycles. The second-order valence-corrected chi connectivity index (χ2v) is 12.7. The Labute approximate surface area is 236 Å². The van der Waals surface area contributed by atoms with Gasteiger partial charge >= 0.3 is 0 Å². The Kier molecular flexibility index (Phi) is 8.16. The summed E-state index contributed by atoms with van der Waals surface area (Å²) in [4.78, 5) is 13.0. The third-order valence-corrected chi connectivity index (χ3v) is 9.85. The van der Waals surface area contributed by atoms with Gasteiger partial charge in [-0.15, -0.1) is 0 Å².